The number of hydrogen-bond donors (Lipinski definition) is 2. The van der Waals surface area contributed by atoms with Gasteiger partial charge in [-0.2, -0.15) is 0 Å². The molecule has 132 valence electrons. The number of amides is 1. The molecule has 2 aromatic carbocycles. The van der Waals surface area contributed by atoms with Crippen LogP contribution in [0.5, 0.6) is 0 Å². The first kappa shape index (κ1) is 17.6. The fraction of sp³-hybridized carbons (Fsp3) is 0.350. The molecule has 0 saturated carbocycles. The minimum absolute atomic E-state index is 0.122. The smallest absolute Gasteiger partial charge is 0.241 e. The average molecular weight is 341 g/mol. The fourth-order valence-corrected chi connectivity index (χ4v) is 3.19. The molecule has 0 aliphatic carbocycles. The summed E-state index contributed by atoms with van der Waals surface area (Å²) in [5, 5.41) is 3.07. The van der Waals surface area contributed by atoms with Crippen LogP contribution in [0.3, 0.4) is 0 Å². The second kappa shape index (κ2) is 8.23. The van der Waals surface area contributed by atoms with Crippen molar-refractivity contribution in [1.29, 1.82) is 0 Å². The van der Waals surface area contributed by atoms with Gasteiger partial charge in [-0.1, -0.05) is 42.5 Å². The molecule has 0 radical (unpaired) electrons. The first-order valence-corrected chi connectivity index (χ1v) is 8.69. The monoisotopic (exact) mass is 341 g/mol. The van der Waals surface area contributed by atoms with Gasteiger partial charge in [0.25, 0.3) is 0 Å². The maximum atomic E-state index is 13.0. The lowest BCUT2D eigenvalue weighted by atomic mass is 10.0. The van der Waals surface area contributed by atoms with Gasteiger partial charge in [-0.25, -0.2) is 4.39 Å². The van der Waals surface area contributed by atoms with Crippen LogP contribution in [0, 0.1) is 5.82 Å². The minimum atomic E-state index is -0.626. The molecule has 1 amide bonds. The summed E-state index contributed by atoms with van der Waals surface area (Å²) < 4.78 is 13.0. The molecule has 25 heavy (non-hydrogen) atoms. The van der Waals surface area contributed by atoms with Crippen molar-refractivity contribution < 1.29 is 9.18 Å². The first-order valence-electron chi connectivity index (χ1n) is 8.69. The van der Waals surface area contributed by atoms with Gasteiger partial charge >= 0.3 is 0 Å². The third-order valence-electron chi connectivity index (χ3n) is 4.69. The molecule has 1 atom stereocenters. The minimum Gasteiger partial charge on any atom is -0.352 e. The molecule has 3 rings (SSSR count). The number of likely N-dealkylation sites (tertiary alicyclic amines) is 1. The number of rotatable bonds is 5. The van der Waals surface area contributed by atoms with E-state index in [4.69, 9.17) is 5.73 Å². The molecule has 1 aliphatic rings. The lowest BCUT2D eigenvalue weighted by Crippen LogP contribution is -2.46. The lowest BCUT2D eigenvalue weighted by Gasteiger charge is -2.32. The second-order valence-corrected chi connectivity index (χ2v) is 6.57. The molecule has 0 bridgehead atoms. The Kier molecular flexibility index (Phi) is 5.79. The SMILES string of the molecule is NC(C(=O)NC1CCN(Cc2ccc(F)cc2)CC1)c1ccccc1. The summed E-state index contributed by atoms with van der Waals surface area (Å²) in [5.74, 6) is -0.330. The molecule has 1 fully saturated rings. The van der Waals surface area contributed by atoms with Crippen molar-refractivity contribution in [3.8, 4) is 0 Å². The van der Waals surface area contributed by atoms with Gasteiger partial charge in [0.1, 0.15) is 11.9 Å². The van der Waals surface area contributed by atoms with Gasteiger partial charge in [0.2, 0.25) is 5.91 Å². The van der Waals surface area contributed by atoms with E-state index in [9.17, 15) is 9.18 Å². The average Bonchev–Trinajstić information content (AvgIpc) is 2.65. The molecule has 4 nitrogen and oxygen atoms in total. The van der Waals surface area contributed by atoms with Crippen LogP contribution in [-0.2, 0) is 11.3 Å². The fourth-order valence-electron chi connectivity index (χ4n) is 3.19. The highest BCUT2D eigenvalue weighted by Crippen LogP contribution is 2.16. The Labute approximate surface area is 147 Å². The van der Waals surface area contributed by atoms with Crippen LogP contribution >= 0.6 is 0 Å². The molecule has 5 heteroatoms. The summed E-state index contributed by atoms with van der Waals surface area (Å²) in [6, 6.07) is 15.6. The zero-order valence-electron chi connectivity index (χ0n) is 14.2. The van der Waals surface area contributed by atoms with E-state index in [1.165, 1.54) is 12.1 Å². The van der Waals surface area contributed by atoms with Gasteiger partial charge in [0, 0.05) is 25.7 Å². The van der Waals surface area contributed by atoms with Gasteiger partial charge in [-0.05, 0) is 36.1 Å². The molecular formula is C20H24FN3O. The molecule has 0 spiro atoms. The number of nitrogens with two attached hydrogens (primary N) is 1. The standard InChI is InChI=1S/C20H24FN3O/c21-17-8-6-15(7-9-17)14-24-12-10-18(11-13-24)23-20(25)19(22)16-4-2-1-3-5-16/h1-9,18-19H,10-14,22H2,(H,23,25). The maximum Gasteiger partial charge on any atom is 0.241 e. The van der Waals surface area contributed by atoms with Crippen molar-refractivity contribution in [3.63, 3.8) is 0 Å². The molecule has 1 aliphatic heterocycles. The van der Waals surface area contributed by atoms with Crippen LogP contribution < -0.4 is 11.1 Å². The van der Waals surface area contributed by atoms with Crippen molar-refractivity contribution >= 4 is 5.91 Å². The number of nitrogens with zero attached hydrogens (tertiary/aromatic N) is 1. The zero-order chi connectivity index (χ0) is 17.6. The Morgan fingerprint density at radius 1 is 1.12 bits per heavy atom. The molecule has 1 saturated heterocycles. The summed E-state index contributed by atoms with van der Waals surface area (Å²) in [7, 11) is 0. The van der Waals surface area contributed by atoms with Crippen LogP contribution in [-0.4, -0.2) is 29.9 Å². The van der Waals surface area contributed by atoms with Crippen molar-refractivity contribution in [3.05, 3.63) is 71.5 Å². The number of nitrogens with one attached hydrogen (secondary N) is 1. The number of carbonyl (C=O) groups is 1. The molecule has 1 heterocycles. The summed E-state index contributed by atoms with van der Waals surface area (Å²) in [6.45, 7) is 2.62. The molecule has 3 N–H and O–H groups in total. The largest absolute Gasteiger partial charge is 0.352 e. The molecule has 1 unspecified atom stereocenters. The Morgan fingerprint density at radius 3 is 2.40 bits per heavy atom. The summed E-state index contributed by atoms with van der Waals surface area (Å²) >= 11 is 0. The van der Waals surface area contributed by atoms with Crippen molar-refractivity contribution in [1.82, 2.24) is 10.2 Å². The highest BCUT2D eigenvalue weighted by atomic mass is 19.1. The van der Waals surface area contributed by atoms with Crippen LogP contribution in [0.15, 0.2) is 54.6 Å². The van der Waals surface area contributed by atoms with Gasteiger partial charge < -0.3 is 11.1 Å². The third kappa shape index (κ3) is 4.87. The summed E-state index contributed by atoms with van der Waals surface area (Å²) in [6.07, 6.45) is 1.79. The zero-order valence-corrected chi connectivity index (χ0v) is 14.2. The first-order chi connectivity index (χ1) is 12.1. The molecule has 0 aromatic heterocycles. The predicted octanol–water partition coefficient (Wildman–Crippen LogP) is 2.61. The van der Waals surface area contributed by atoms with E-state index < -0.39 is 6.04 Å². The molecular weight excluding hydrogens is 317 g/mol. The van der Waals surface area contributed by atoms with Gasteiger partial charge in [0.15, 0.2) is 0 Å². The Balaban J connectivity index is 1.46. The number of hydrogen-bond acceptors (Lipinski definition) is 3. The Hall–Kier alpha value is -2.24. The number of piperidine rings is 1. The number of halogens is 1. The van der Waals surface area contributed by atoms with Crippen LogP contribution in [0.2, 0.25) is 0 Å². The van der Waals surface area contributed by atoms with Gasteiger partial charge in [-0.3, -0.25) is 9.69 Å². The Morgan fingerprint density at radius 2 is 1.76 bits per heavy atom. The summed E-state index contributed by atoms with van der Waals surface area (Å²) in [4.78, 5) is 14.7. The highest BCUT2D eigenvalue weighted by Gasteiger charge is 2.23. The van der Waals surface area contributed by atoms with E-state index in [0.29, 0.717) is 0 Å². The van der Waals surface area contributed by atoms with Crippen LogP contribution in [0.25, 0.3) is 0 Å². The quantitative estimate of drug-likeness (QED) is 0.879. The topological polar surface area (TPSA) is 58.4 Å². The lowest BCUT2D eigenvalue weighted by molar-refractivity contribution is -0.123. The number of benzene rings is 2. The summed E-state index contributed by atoms with van der Waals surface area (Å²) in [5.41, 5.74) is 7.98. The van der Waals surface area contributed by atoms with E-state index >= 15 is 0 Å². The molecule has 2 aromatic rings. The van der Waals surface area contributed by atoms with E-state index in [1.54, 1.807) is 0 Å². The third-order valence-corrected chi connectivity index (χ3v) is 4.69. The van der Waals surface area contributed by atoms with Gasteiger partial charge in [0.05, 0.1) is 0 Å². The second-order valence-electron chi connectivity index (χ2n) is 6.57. The van der Waals surface area contributed by atoms with E-state index in [2.05, 4.69) is 10.2 Å². The van der Waals surface area contributed by atoms with Crippen LogP contribution in [0.1, 0.15) is 30.0 Å². The number of carbonyl (C=O) groups excluding carboxylic acids is 1. The van der Waals surface area contributed by atoms with E-state index in [0.717, 1.165) is 43.6 Å². The Bertz CT molecular complexity index is 682. The maximum absolute atomic E-state index is 13.0. The normalized spacial score (nSPS) is 17.2. The van der Waals surface area contributed by atoms with Crippen LogP contribution in [0.4, 0.5) is 4.39 Å². The predicted molar refractivity (Wildman–Crippen MR) is 96.2 cm³/mol. The van der Waals surface area contributed by atoms with Crippen molar-refractivity contribution in [2.24, 2.45) is 5.73 Å². The highest BCUT2D eigenvalue weighted by molar-refractivity contribution is 5.83. The van der Waals surface area contributed by atoms with Crippen molar-refractivity contribution in [2.75, 3.05) is 13.1 Å². The van der Waals surface area contributed by atoms with E-state index in [-0.39, 0.29) is 17.8 Å². The van der Waals surface area contributed by atoms with E-state index in [1.807, 2.05) is 42.5 Å². The van der Waals surface area contributed by atoms with Crippen molar-refractivity contribution in [2.45, 2.75) is 31.5 Å². The van der Waals surface area contributed by atoms with Gasteiger partial charge in [-0.15, -0.1) is 0 Å².